The van der Waals surface area contributed by atoms with E-state index in [1.54, 1.807) is 0 Å². The van der Waals surface area contributed by atoms with Crippen molar-refractivity contribution in [3.8, 4) is 6.07 Å². The Kier molecular flexibility index (Phi) is 1.94. The average Bonchev–Trinajstić information content (AvgIpc) is 2.59. The van der Waals surface area contributed by atoms with Gasteiger partial charge in [0.15, 0.2) is 11.3 Å². The molecule has 2 rings (SSSR count). The highest BCUT2D eigenvalue weighted by Crippen LogP contribution is 2.12. The lowest BCUT2D eigenvalue weighted by Crippen LogP contribution is -2.09. The molecule has 6 nitrogen and oxygen atoms in total. The Morgan fingerprint density at radius 3 is 2.87 bits per heavy atom. The smallest absolute Gasteiger partial charge is 0.233 e. The van der Waals surface area contributed by atoms with Crippen LogP contribution < -0.4 is 0 Å². The fourth-order valence-corrected chi connectivity index (χ4v) is 1.95. The van der Waals surface area contributed by atoms with Gasteiger partial charge in [0.1, 0.15) is 11.6 Å². The van der Waals surface area contributed by atoms with E-state index in [9.17, 15) is 8.42 Å². The molecule has 0 amide bonds. The van der Waals surface area contributed by atoms with Gasteiger partial charge in [-0.3, -0.25) is 0 Å². The first kappa shape index (κ1) is 9.61. The maximum atomic E-state index is 11.3. The Bertz CT molecular complexity index is 665. The van der Waals surface area contributed by atoms with Gasteiger partial charge >= 0.3 is 0 Å². The van der Waals surface area contributed by atoms with Crippen molar-refractivity contribution in [2.75, 3.05) is 6.26 Å². The van der Waals surface area contributed by atoms with Crippen molar-refractivity contribution in [3.05, 3.63) is 24.2 Å². The van der Waals surface area contributed by atoms with Gasteiger partial charge in [-0.25, -0.2) is 22.4 Å². The van der Waals surface area contributed by atoms with Gasteiger partial charge in [-0.2, -0.15) is 5.26 Å². The van der Waals surface area contributed by atoms with Crippen LogP contribution in [0.4, 0.5) is 0 Å². The summed E-state index contributed by atoms with van der Waals surface area (Å²) in [6.07, 6.45) is 3.68. The largest absolute Gasteiger partial charge is 0.237 e. The molecule has 0 bridgehead atoms. The first-order valence-corrected chi connectivity index (χ1v) is 5.82. The van der Waals surface area contributed by atoms with Crippen LogP contribution >= 0.6 is 0 Å². The van der Waals surface area contributed by atoms with Crippen molar-refractivity contribution in [2.24, 2.45) is 0 Å². The van der Waals surface area contributed by atoms with Crippen LogP contribution in [0.1, 0.15) is 5.69 Å². The zero-order valence-electron chi connectivity index (χ0n) is 7.75. The van der Waals surface area contributed by atoms with E-state index < -0.39 is 10.0 Å². The molecular weight excluding hydrogens is 216 g/mol. The SMILES string of the molecule is CS(=O)(=O)n1ccc2nc(C#N)cnc21. The topological polar surface area (TPSA) is 88.6 Å². The molecule has 0 aliphatic heterocycles. The van der Waals surface area contributed by atoms with Gasteiger partial charge in [-0.05, 0) is 6.07 Å². The molecule has 76 valence electrons. The van der Waals surface area contributed by atoms with Gasteiger partial charge < -0.3 is 0 Å². The monoisotopic (exact) mass is 222 g/mol. The van der Waals surface area contributed by atoms with E-state index in [1.807, 2.05) is 6.07 Å². The maximum Gasteiger partial charge on any atom is 0.237 e. The third-order valence-electron chi connectivity index (χ3n) is 1.83. The lowest BCUT2D eigenvalue weighted by atomic mass is 10.4. The minimum Gasteiger partial charge on any atom is -0.233 e. The highest BCUT2D eigenvalue weighted by molar-refractivity contribution is 7.89. The van der Waals surface area contributed by atoms with E-state index in [0.29, 0.717) is 5.52 Å². The van der Waals surface area contributed by atoms with Gasteiger partial charge in [0.05, 0.1) is 12.5 Å². The van der Waals surface area contributed by atoms with Crippen LogP contribution in [0.25, 0.3) is 11.2 Å². The second-order valence-corrected chi connectivity index (χ2v) is 4.81. The van der Waals surface area contributed by atoms with Crippen LogP contribution in [0.3, 0.4) is 0 Å². The molecule has 0 aliphatic rings. The van der Waals surface area contributed by atoms with E-state index in [1.165, 1.54) is 18.5 Å². The Labute approximate surface area is 85.9 Å². The molecule has 0 spiro atoms. The van der Waals surface area contributed by atoms with Crippen LogP contribution in [0, 0.1) is 11.3 Å². The lowest BCUT2D eigenvalue weighted by molar-refractivity contribution is 0.595. The van der Waals surface area contributed by atoms with Crippen molar-refractivity contribution in [3.63, 3.8) is 0 Å². The molecule has 2 heterocycles. The summed E-state index contributed by atoms with van der Waals surface area (Å²) in [6, 6.07) is 3.34. The molecule has 7 heteroatoms. The average molecular weight is 222 g/mol. The fourth-order valence-electron chi connectivity index (χ4n) is 1.21. The highest BCUT2D eigenvalue weighted by Gasteiger charge is 2.11. The molecule has 15 heavy (non-hydrogen) atoms. The molecule has 0 atom stereocenters. The summed E-state index contributed by atoms with van der Waals surface area (Å²) in [5.41, 5.74) is 0.782. The third-order valence-corrected chi connectivity index (χ3v) is 2.84. The van der Waals surface area contributed by atoms with Gasteiger partial charge in [0, 0.05) is 6.20 Å². The van der Waals surface area contributed by atoms with E-state index >= 15 is 0 Å². The van der Waals surface area contributed by atoms with Crippen molar-refractivity contribution < 1.29 is 8.42 Å². The molecular formula is C8H6N4O2S. The quantitative estimate of drug-likeness (QED) is 0.683. The molecule has 0 N–H and O–H groups in total. The summed E-state index contributed by atoms with van der Waals surface area (Å²) < 4.78 is 23.6. The number of aromatic nitrogens is 3. The summed E-state index contributed by atoms with van der Waals surface area (Å²) in [7, 11) is -3.37. The molecule has 0 saturated heterocycles. The van der Waals surface area contributed by atoms with Crippen LogP contribution in [-0.4, -0.2) is 28.6 Å². The number of fused-ring (bicyclic) bond motifs is 1. The molecule has 2 aromatic heterocycles. The number of hydrogen-bond donors (Lipinski definition) is 0. The number of nitriles is 1. The van der Waals surface area contributed by atoms with E-state index in [0.717, 1.165) is 10.2 Å². The minimum absolute atomic E-state index is 0.161. The summed E-state index contributed by atoms with van der Waals surface area (Å²) >= 11 is 0. The molecule has 0 aliphatic carbocycles. The van der Waals surface area contributed by atoms with Crippen molar-refractivity contribution in [1.29, 1.82) is 5.26 Å². The Morgan fingerprint density at radius 2 is 2.27 bits per heavy atom. The minimum atomic E-state index is -3.37. The number of rotatable bonds is 1. The molecule has 2 aromatic rings. The summed E-state index contributed by atoms with van der Waals surface area (Å²) in [5.74, 6) is 0. The van der Waals surface area contributed by atoms with E-state index in [4.69, 9.17) is 5.26 Å². The van der Waals surface area contributed by atoms with Crippen LogP contribution in [0.2, 0.25) is 0 Å². The maximum absolute atomic E-state index is 11.3. The first-order chi connectivity index (χ1) is 7.02. The lowest BCUT2D eigenvalue weighted by Gasteiger charge is -1.99. The molecule has 0 radical (unpaired) electrons. The summed E-state index contributed by atoms with van der Waals surface area (Å²) in [5, 5.41) is 8.59. The molecule has 0 unspecified atom stereocenters. The van der Waals surface area contributed by atoms with Gasteiger partial charge in [0.25, 0.3) is 0 Å². The van der Waals surface area contributed by atoms with Crippen molar-refractivity contribution in [2.45, 2.75) is 0 Å². The van der Waals surface area contributed by atoms with Crippen molar-refractivity contribution >= 4 is 21.2 Å². The molecule has 0 aromatic carbocycles. The van der Waals surface area contributed by atoms with Gasteiger partial charge in [-0.1, -0.05) is 0 Å². The predicted molar refractivity (Wildman–Crippen MR) is 52.5 cm³/mol. The second kappa shape index (κ2) is 3.03. The highest BCUT2D eigenvalue weighted by atomic mass is 32.2. The molecule has 0 fully saturated rings. The van der Waals surface area contributed by atoms with Gasteiger partial charge in [0.2, 0.25) is 10.0 Å². The zero-order valence-corrected chi connectivity index (χ0v) is 8.56. The number of nitrogens with zero attached hydrogens (tertiary/aromatic N) is 4. The summed E-state index contributed by atoms with van der Waals surface area (Å²) in [4.78, 5) is 7.80. The standard InChI is InChI=1S/C8H6N4O2S/c1-15(13,14)12-3-2-7-8(12)10-5-6(4-9)11-7/h2-3,5H,1H3. The Balaban J connectivity index is 2.80. The predicted octanol–water partition coefficient (Wildman–Crippen LogP) is 0.111. The zero-order chi connectivity index (χ0) is 11.1. The van der Waals surface area contributed by atoms with Crippen LogP contribution in [0.5, 0.6) is 0 Å². The summed E-state index contributed by atoms with van der Waals surface area (Å²) in [6.45, 7) is 0. The normalized spacial score (nSPS) is 11.5. The van der Waals surface area contributed by atoms with Crippen LogP contribution in [-0.2, 0) is 10.0 Å². The van der Waals surface area contributed by atoms with E-state index in [-0.39, 0.29) is 11.3 Å². The Hall–Kier alpha value is -1.94. The third kappa shape index (κ3) is 1.55. The fraction of sp³-hybridized carbons (Fsp3) is 0.125. The first-order valence-electron chi connectivity index (χ1n) is 3.97. The van der Waals surface area contributed by atoms with E-state index in [2.05, 4.69) is 9.97 Å². The van der Waals surface area contributed by atoms with Crippen molar-refractivity contribution in [1.82, 2.24) is 13.9 Å². The number of hydrogen-bond acceptors (Lipinski definition) is 5. The van der Waals surface area contributed by atoms with Crippen LogP contribution in [0.15, 0.2) is 18.5 Å². The molecule has 0 saturated carbocycles. The van der Waals surface area contributed by atoms with Gasteiger partial charge in [-0.15, -0.1) is 0 Å². The second-order valence-electron chi connectivity index (χ2n) is 2.95. The Morgan fingerprint density at radius 1 is 1.53 bits per heavy atom.